The molecule has 0 fully saturated rings. The van der Waals surface area contributed by atoms with E-state index in [4.69, 9.17) is 14.0 Å². The zero-order valence-electron chi connectivity index (χ0n) is 19.6. The first-order valence-electron chi connectivity index (χ1n) is 11.0. The molecule has 9 heteroatoms. The predicted molar refractivity (Wildman–Crippen MR) is 133 cm³/mol. The Labute approximate surface area is 207 Å². The number of aromatic nitrogens is 1. The van der Waals surface area contributed by atoms with Crippen molar-refractivity contribution >= 4 is 29.2 Å². The maximum Gasteiger partial charge on any atom is 0.344 e. The predicted octanol–water partition coefficient (Wildman–Crippen LogP) is 4.71. The van der Waals surface area contributed by atoms with Crippen molar-refractivity contribution in [2.45, 2.75) is 6.92 Å². The Hall–Kier alpha value is -4.92. The number of carbonyl (C=O) groups excluding carboxylic acids is 3. The molecular weight excluding hydrogens is 462 g/mol. The number of anilines is 2. The van der Waals surface area contributed by atoms with Crippen molar-refractivity contribution in [3.05, 3.63) is 95.7 Å². The number of methoxy groups -OCH3 is 1. The summed E-state index contributed by atoms with van der Waals surface area (Å²) in [5.74, 6) is -0.747. The summed E-state index contributed by atoms with van der Waals surface area (Å²) in [5.41, 5.74) is 2.58. The summed E-state index contributed by atoms with van der Waals surface area (Å²) >= 11 is 0. The summed E-state index contributed by atoms with van der Waals surface area (Å²) in [5, 5.41) is 9.36. The van der Waals surface area contributed by atoms with Crippen LogP contribution in [0.25, 0.3) is 11.3 Å². The highest BCUT2D eigenvalue weighted by molar-refractivity contribution is 6.05. The smallest absolute Gasteiger partial charge is 0.344 e. The maximum absolute atomic E-state index is 12.6. The second-order valence-electron chi connectivity index (χ2n) is 7.68. The van der Waals surface area contributed by atoms with E-state index in [1.807, 2.05) is 18.2 Å². The van der Waals surface area contributed by atoms with Crippen molar-refractivity contribution in [3.8, 4) is 17.0 Å². The molecule has 0 spiro atoms. The van der Waals surface area contributed by atoms with Gasteiger partial charge in [-0.2, -0.15) is 0 Å². The quantitative estimate of drug-likeness (QED) is 0.347. The number of nitrogens with one attached hydrogen (secondary N) is 2. The van der Waals surface area contributed by atoms with E-state index in [1.165, 1.54) is 7.11 Å². The van der Waals surface area contributed by atoms with Crippen molar-refractivity contribution in [3.63, 3.8) is 0 Å². The average molecular weight is 485 g/mol. The number of hydrogen-bond donors (Lipinski definition) is 2. The van der Waals surface area contributed by atoms with Gasteiger partial charge in [0.15, 0.2) is 6.61 Å². The second-order valence-corrected chi connectivity index (χ2v) is 7.68. The standard InChI is InChI=1S/C27H23N3O6/c1-17-24(25(30-36-17)18-8-4-3-5-9-18)27(33)35-16-23(31)28-20-14-12-19(13-15-20)26(32)29-21-10-6-7-11-22(21)34-2/h3-15H,16H2,1-2H3,(H,28,31)(H,29,32). The lowest BCUT2D eigenvalue weighted by atomic mass is 10.1. The topological polar surface area (TPSA) is 120 Å². The van der Waals surface area contributed by atoms with Gasteiger partial charge in [0.1, 0.15) is 22.8 Å². The maximum atomic E-state index is 12.6. The normalized spacial score (nSPS) is 10.4. The summed E-state index contributed by atoms with van der Waals surface area (Å²) in [6.07, 6.45) is 0. The molecule has 1 aromatic heterocycles. The van der Waals surface area contributed by atoms with Crippen LogP contribution in [0.4, 0.5) is 11.4 Å². The number of aryl methyl sites for hydroxylation is 1. The lowest BCUT2D eigenvalue weighted by Gasteiger charge is -2.10. The number of amides is 2. The van der Waals surface area contributed by atoms with E-state index in [2.05, 4.69) is 15.8 Å². The summed E-state index contributed by atoms with van der Waals surface area (Å²) in [7, 11) is 1.52. The lowest BCUT2D eigenvalue weighted by Crippen LogP contribution is -2.21. The van der Waals surface area contributed by atoms with E-state index in [0.717, 1.165) is 0 Å². The minimum atomic E-state index is -0.717. The third-order valence-corrected chi connectivity index (χ3v) is 5.23. The van der Waals surface area contributed by atoms with Gasteiger partial charge in [-0.1, -0.05) is 47.6 Å². The van der Waals surface area contributed by atoms with Gasteiger partial charge in [-0.25, -0.2) is 4.79 Å². The molecule has 2 amide bonds. The fourth-order valence-electron chi connectivity index (χ4n) is 3.45. The molecule has 0 saturated heterocycles. The molecule has 4 rings (SSSR count). The molecule has 1 heterocycles. The minimum absolute atomic E-state index is 0.166. The van der Waals surface area contributed by atoms with Gasteiger partial charge in [-0.15, -0.1) is 0 Å². The summed E-state index contributed by atoms with van der Waals surface area (Å²) < 4.78 is 15.6. The highest BCUT2D eigenvalue weighted by atomic mass is 16.5. The van der Waals surface area contributed by atoms with E-state index < -0.39 is 18.5 Å². The zero-order valence-corrected chi connectivity index (χ0v) is 19.6. The number of para-hydroxylation sites is 2. The van der Waals surface area contributed by atoms with Gasteiger partial charge in [0.25, 0.3) is 11.8 Å². The number of rotatable bonds is 8. The number of nitrogens with zero attached hydrogens (tertiary/aromatic N) is 1. The van der Waals surface area contributed by atoms with Crippen LogP contribution in [0.1, 0.15) is 26.5 Å². The first-order chi connectivity index (χ1) is 17.5. The molecule has 0 saturated carbocycles. The molecule has 0 bridgehead atoms. The van der Waals surface area contributed by atoms with Crippen molar-refractivity contribution in [1.29, 1.82) is 0 Å². The molecule has 2 N–H and O–H groups in total. The van der Waals surface area contributed by atoms with Crippen LogP contribution in [0.3, 0.4) is 0 Å². The molecule has 0 atom stereocenters. The Bertz CT molecular complexity index is 1380. The first-order valence-corrected chi connectivity index (χ1v) is 11.0. The molecular formula is C27H23N3O6. The van der Waals surface area contributed by atoms with E-state index in [0.29, 0.717) is 39.7 Å². The largest absolute Gasteiger partial charge is 0.495 e. The van der Waals surface area contributed by atoms with Crippen molar-refractivity contribution in [2.75, 3.05) is 24.4 Å². The Morgan fingerprint density at radius 1 is 0.889 bits per heavy atom. The van der Waals surface area contributed by atoms with Crippen LogP contribution < -0.4 is 15.4 Å². The highest BCUT2D eigenvalue weighted by Crippen LogP contribution is 2.26. The molecule has 0 unspecified atom stereocenters. The van der Waals surface area contributed by atoms with Crippen LogP contribution in [0, 0.1) is 6.92 Å². The van der Waals surface area contributed by atoms with Gasteiger partial charge in [0, 0.05) is 16.8 Å². The van der Waals surface area contributed by atoms with Gasteiger partial charge >= 0.3 is 5.97 Å². The third-order valence-electron chi connectivity index (χ3n) is 5.23. The van der Waals surface area contributed by atoms with E-state index in [9.17, 15) is 14.4 Å². The van der Waals surface area contributed by atoms with Gasteiger partial charge < -0.3 is 24.6 Å². The Balaban J connectivity index is 1.33. The fraction of sp³-hybridized carbons (Fsp3) is 0.111. The SMILES string of the molecule is COc1ccccc1NC(=O)c1ccc(NC(=O)COC(=O)c2c(-c3ccccc3)noc2C)cc1. The highest BCUT2D eigenvalue weighted by Gasteiger charge is 2.23. The van der Waals surface area contributed by atoms with Gasteiger partial charge in [-0.05, 0) is 43.3 Å². The zero-order chi connectivity index (χ0) is 25.5. The Morgan fingerprint density at radius 2 is 1.58 bits per heavy atom. The van der Waals surface area contributed by atoms with Crippen LogP contribution >= 0.6 is 0 Å². The molecule has 0 aliphatic rings. The molecule has 36 heavy (non-hydrogen) atoms. The first kappa shape index (κ1) is 24.2. The van der Waals surface area contributed by atoms with Crippen LogP contribution in [-0.2, 0) is 9.53 Å². The minimum Gasteiger partial charge on any atom is -0.495 e. The Morgan fingerprint density at radius 3 is 2.31 bits per heavy atom. The second kappa shape index (κ2) is 11.0. The van der Waals surface area contributed by atoms with Gasteiger partial charge in [0.2, 0.25) is 0 Å². The molecule has 3 aromatic carbocycles. The van der Waals surface area contributed by atoms with E-state index in [1.54, 1.807) is 67.6 Å². The van der Waals surface area contributed by atoms with E-state index in [-0.39, 0.29) is 11.5 Å². The monoisotopic (exact) mass is 485 g/mol. The number of ether oxygens (including phenoxy) is 2. The van der Waals surface area contributed by atoms with Gasteiger partial charge in [0.05, 0.1) is 12.8 Å². The van der Waals surface area contributed by atoms with E-state index >= 15 is 0 Å². The summed E-state index contributed by atoms with van der Waals surface area (Å²) in [4.78, 5) is 37.5. The van der Waals surface area contributed by atoms with Crippen LogP contribution in [0.5, 0.6) is 5.75 Å². The number of benzene rings is 3. The number of hydrogen-bond acceptors (Lipinski definition) is 7. The molecule has 0 aliphatic carbocycles. The molecule has 182 valence electrons. The van der Waals surface area contributed by atoms with Crippen molar-refractivity contribution in [1.82, 2.24) is 5.16 Å². The number of esters is 1. The molecule has 4 aromatic rings. The summed E-state index contributed by atoms with van der Waals surface area (Å²) in [6, 6.07) is 22.4. The number of carbonyl (C=O) groups is 3. The van der Waals surface area contributed by atoms with Crippen molar-refractivity contribution < 1.29 is 28.4 Å². The summed E-state index contributed by atoms with van der Waals surface area (Å²) in [6.45, 7) is 1.09. The molecule has 0 radical (unpaired) electrons. The fourth-order valence-corrected chi connectivity index (χ4v) is 3.45. The lowest BCUT2D eigenvalue weighted by molar-refractivity contribution is -0.119. The van der Waals surface area contributed by atoms with Crippen LogP contribution in [0.15, 0.2) is 83.4 Å². The average Bonchev–Trinajstić information content (AvgIpc) is 3.30. The van der Waals surface area contributed by atoms with Crippen molar-refractivity contribution in [2.24, 2.45) is 0 Å². The Kier molecular flexibility index (Phi) is 7.40. The van der Waals surface area contributed by atoms with Crippen LogP contribution in [-0.4, -0.2) is 36.7 Å². The third kappa shape index (κ3) is 5.58. The molecule has 9 nitrogen and oxygen atoms in total. The molecule has 0 aliphatic heterocycles. The van der Waals surface area contributed by atoms with Gasteiger partial charge in [-0.3, -0.25) is 9.59 Å². The van der Waals surface area contributed by atoms with Crippen LogP contribution in [0.2, 0.25) is 0 Å².